The molecule has 0 unspecified atom stereocenters. The number of aromatic nitrogens is 2. The first-order chi connectivity index (χ1) is 15.8. The molecule has 1 fully saturated rings. The molecule has 2 aromatic heterocycles. The Morgan fingerprint density at radius 2 is 1.69 bits per heavy atom. The van der Waals surface area contributed by atoms with Crippen LogP contribution in [0.5, 0.6) is 5.75 Å². The quantitative estimate of drug-likeness (QED) is 0.404. The summed E-state index contributed by atoms with van der Waals surface area (Å²) in [5, 5.41) is 4.21. The summed E-state index contributed by atoms with van der Waals surface area (Å²) in [4.78, 5) is 6.83. The van der Waals surface area contributed by atoms with E-state index in [1.807, 2.05) is 61.7 Å². The van der Waals surface area contributed by atoms with Crippen molar-refractivity contribution < 1.29 is 4.74 Å². The van der Waals surface area contributed by atoms with Crippen LogP contribution in [0.15, 0.2) is 97.3 Å². The molecule has 0 radical (unpaired) electrons. The largest absolute Gasteiger partial charge is 0.494 e. The van der Waals surface area contributed by atoms with Crippen molar-refractivity contribution in [2.45, 2.75) is 19.0 Å². The summed E-state index contributed by atoms with van der Waals surface area (Å²) >= 11 is 5.82. The Morgan fingerprint density at radius 3 is 2.41 bits per heavy atom. The molecule has 32 heavy (non-hydrogen) atoms. The molecule has 1 saturated heterocycles. The third kappa shape index (κ3) is 3.74. The van der Waals surface area contributed by atoms with Gasteiger partial charge in [-0.15, -0.1) is 0 Å². The molecule has 160 valence electrons. The van der Waals surface area contributed by atoms with Gasteiger partial charge < -0.3 is 19.5 Å². The van der Waals surface area contributed by atoms with Crippen molar-refractivity contribution in [1.82, 2.24) is 14.9 Å². The molecular weight excluding hydrogens is 416 g/mol. The Morgan fingerprint density at radius 1 is 0.906 bits per heavy atom. The number of hydrogen-bond donors (Lipinski definition) is 1. The number of para-hydroxylation sites is 1. The molecule has 5 rings (SSSR count). The Balaban J connectivity index is 1.61. The van der Waals surface area contributed by atoms with Gasteiger partial charge in [-0.1, -0.05) is 24.3 Å². The topological polar surface area (TPSA) is 42.3 Å². The molecule has 2 aromatic carbocycles. The van der Waals surface area contributed by atoms with Gasteiger partial charge in [-0.3, -0.25) is 4.98 Å². The summed E-state index contributed by atoms with van der Waals surface area (Å²) in [5.41, 5.74) is 4.20. The minimum Gasteiger partial charge on any atom is -0.494 e. The Kier molecular flexibility index (Phi) is 5.60. The second-order valence-corrected chi connectivity index (χ2v) is 7.95. The lowest BCUT2D eigenvalue weighted by molar-refractivity contribution is 0.340. The summed E-state index contributed by atoms with van der Waals surface area (Å²) in [6.45, 7) is 2.64. The number of anilines is 1. The van der Waals surface area contributed by atoms with Crippen molar-refractivity contribution in [2.24, 2.45) is 0 Å². The molecular formula is C26H24N4OS. The Hall–Kier alpha value is -3.64. The SMILES string of the molecule is CCOc1ccc(-n2cccc2[C@H]2[C@H](c3ccccn3)NC(=S)N2c2ccccc2)cc1. The minimum absolute atomic E-state index is 0.0682. The fourth-order valence-corrected chi connectivity index (χ4v) is 4.61. The van der Waals surface area contributed by atoms with Crippen LogP contribution in [-0.4, -0.2) is 21.3 Å². The highest BCUT2D eigenvalue weighted by Gasteiger charge is 2.42. The van der Waals surface area contributed by atoms with Gasteiger partial charge in [0.05, 0.1) is 18.3 Å². The lowest BCUT2D eigenvalue weighted by Gasteiger charge is -2.29. The van der Waals surface area contributed by atoms with Crippen molar-refractivity contribution in [3.8, 4) is 11.4 Å². The summed E-state index contributed by atoms with van der Waals surface area (Å²) in [5.74, 6) is 0.867. The molecule has 4 aromatic rings. The molecule has 2 atom stereocenters. The van der Waals surface area contributed by atoms with Gasteiger partial charge in [0.1, 0.15) is 11.8 Å². The Labute approximate surface area is 193 Å². The van der Waals surface area contributed by atoms with E-state index in [2.05, 4.69) is 62.4 Å². The van der Waals surface area contributed by atoms with Gasteiger partial charge in [-0.2, -0.15) is 0 Å². The maximum Gasteiger partial charge on any atom is 0.174 e. The van der Waals surface area contributed by atoms with Crippen LogP contribution in [0.1, 0.15) is 30.4 Å². The summed E-state index contributed by atoms with van der Waals surface area (Å²) in [6, 6.07) is 28.5. The molecule has 0 bridgehead atoms. The highest BCUT2D eigenvalue weighted by Crippen LogP contribution is 2.42. The summed E-state index contributed by atoms with van der Waals surface area (Å²) in [7, 11) is 0. The van der Waals surface area contributed by atoms with E-state index in [0.29, 0.717) is 11.7 Å². The van der Waals surface area contributed by atoms with Gasteiger partial charge >= 0.3 is 0 Å². The number of nitrogens with one attached hydrogen (secondary N) is 1. The second kappa shape index (κ2) is 8.85. The van der Waals surface area contributed by atoms with Gasteiger partial charge in [0.25, 0.3) is 0 Å². The first kappa shape index (κ1) is 20.3. The Bertz CT molecular complexity index is 1190. The zero-order valence-electron chi connectivity index (χ0n) is 17.8. The van der Waals surface area contributed by atoms with E-state index in [1.165, 1.54) is 0 Å². The maximum absolute atomic E-state index is 5.82. The van der Waals surface area contributed by atoms with Crippen molar-refractivity contribution >= 4 is 23.0 Å². The first-order valence-electron chi connectivity index (χ1n) is 10.7. The van der Waals surface area contributed by atoms with E-state index in [4.69, 9.17) is 17.0 Å². The van der Waals surface area contributed by atoms with Crippen LogP contribution >= 0.6 is 12.2 Å². The van der Waals surface area contributed by atoms with E-state index in [1.54, 1.807) is 0 Å². The number of rotatable bonds is 6. The van der Waals surface area contributed by atoms with Crippen LogP contribution in [0, 0.1) is 0 Å². The molecule has 1 aliphatic rings. The number of pyridine rings is 1. The molecule has 0 aliphatic carbocycles. The first-order valence-corrected chi connectivity index (χ1v) is 11.1. The molecule has 6 heteroatoms. The molecule has 0 spiro atoms. The smallest absolute Gasteiger partial charge is 0.174 e. The van der Waals surface area contributed by atoms with Crippen molar-refractivity contribution in [1.29, 1.82) is 0 Å². The number of benzene rings is 2. The van der Waals surface area contributed by atoms with Crippen molar-refractivity contribution in [3.05, 3.63) is 109 Å². The summed E-state index contributed by atoms with van der Waals surface area (Å²) in [6.07, 6.45) is 3.92. The fourth-order valence-electron chi connectivity index (χ4n) is 4.26. The third-order valence-corrected chi connectivity index (χ3v) is 5.96. The zero-order chi connectivity index (χ0) is 21.9. The van der Waals surface area contributed by atoms with E-state index < -0.39 is 0 Å². The highest BCUT2D eigenvalue weighted by molar-refractivity contribution is 7.80. The summed E-state index contributed by atoms with van der Waals surface area (Å²) < 4.78 is 7.83. The van der Waals surface area contributed by atoms with Gasteiger partial charge in [0, 0.05) is 29.5 Å². The predicted octanol–water partition coefficient (Wildman–Crippen LogP) is 5.45. The van der Waals surface area contributed by atoms with Gasteiger partial charge in [-0.25, -0.2) is 0 Å². The number of hydrogen-bond acceptors (Lipinski definition) is 3. The number of nitrogens with zero attached hydrogens (tertiary/aromatic N) is 3. The lowest BCUT2D eigenvalue weighted by atomic mass is 10.0. The molecule has 5 nitrogen and oxygen atoms in total. The van der Waals surface area contributed by atoms with Crippen LogP contribution in [0.4, 0.5) is 5.69 Å². The van der Waals surface area contributed by atoms with Crippen LogP contribution in [-0.2, 0) is 0 Å². The van der Waals surface area contributed by atoms with Gasteiger partial charge in [0.15, 0.2) is 5.11 Å². The number of ether oxygens (including phenoxy) is 1. The van der Waals surface area contributed by atoms with Gasteiger partial charge in [-0.05, 0) is 79.8 Å². The van der Waals surface area contributed by atoms with Crippen LogP contribution in [0.25, 0.3) is 5.69 Å². The van der Waals surface area contributed by atoms with Crippen molar-refractivity contribution in [2.75, 3.05) is 11.5 Å². The molecule has 3 heterocycles. The van der Waals surface area contributed by atoms with E-state index >= 15 is 0 Å². The normalized spacial score (nSPS) is 17.9. The monoisotopic (exact) mass is 440 g/mol. The second-order valence-electron chi connectivity index (χ2n) is 7.56. The van der Waals surface area contributed by atoms with Gasteiger partial charge in [0.2, 0.25) is 0 Å². The van der Waals surface area contributed by atoms with E-state index in [0.717, 1.165) is 28.5 Å². The molecule has 0 amide bonds. The van der Waals surface area contributed by atoms with Crippen LogP contribution in [0.3, 0.4) is 0 Å². The van der Waals surface area contributed by atoms with Crippen molar-refractivity contribution in [3.63, 3.8) is 0 Å². The average molecular weight is 441 g/mol. The highest BCUT2D eigenvalue weighted by atomic mass is 32.1. The molecule has 0 saturated carbocycles. The standard InChI is InChI=1S/C26H24N4OS/c1-2-31-21-15-13-19(14-16-21)29-18-8-12-23(29)25-24(22-11-6-7-17-27-22)28-26(32)30(25)20-9-4-3-5-10-20/h3-18,24-25H,2H2,1H3,(H,28,32)/t24-,25-/m0/s1. The lowest BCUT2D eigenvalue weighted by Crippen LogP contribution is -2.30. The maximum atomic E-state index is 5.82. The van der Waals surface area contributed by atoms with Crippen LogP contribution in [0.2, 0.25) is 0 Å². The predicted molar refractivity (Wildman–Crippen MR) is 131 cm³/mol. The average Bonchev–Trinajstić information content (AvgIpc) is 3.45. The third-order valence-electron chi connectivity index (χ3n) is 5.64. The van der Waals surface area contributed by atoms with Crippen LogP contribution < -0.4 is 15.0 Å². The van der Waals surface area contributed by atoms with E-state index in [-0.39, 0.29) is 12.1 Å². The van der Waals surface area contributed by atoms with E-state index in [9.17, 15) is 0 Å². The zero-order valence-corrected chi connectivity index (χ0v) is 18.6. The minimum atomic E-state index is -0.0831. The molecule has 1 N–H and O–H groups in total. The molecule has 1 aliphatic heterocycles. The fraction of sp³-hybridized carbons (Fsp3) is 0.154. The number of thiocarbonyl (C=S) groups is 1.